The molecule has 1 atom stereocenters. The number of nitrogens with zero attached hydrogens (tertiary/aromatic N) is 1. The van der Waals surface area contributed by atoms with E-state index in [9.17, 15) is 22.8 Å². The van der Waals surface area contributed by atoms with E-state index in [1.165, 1.54) is 31.2 Å². The number of benzene rings is 2. The van der Waals surface area contributed by atoms with Gasteiger partial charge in [0, 0.05) is 6.08 Å². The van der Waals surface area contributed by atoms with Crippen molar-refractivity contribution in [1.82, 2.24) is 0 Å². The van der Waals surface area contributed by atoms with Gasteiger partial charge >= 0.3 is 12.1 Å². The van der Waals surface area contributed by atoms with E-state index in [1.807, 2.05) is 6.07 Å². The third-order valence-electron chi connectivity index (χ3n) is 3.59. The van der Waals surface area contributed by atoms with Crippen LogP contribution in [0.3, 0.4) is 0 Å². The fourth-order valence-electron chi connectivity index (χ4n) is 2.17. The van der Waals surface area contributed by atoms with Gasteiger partial charge in [0.15, 0.2) is 6.10 Å². The number of para-hydroxylation sites is 1. The molecule has 1 N–H and O–H groups in total. The van der Waals surface area contributed by atoms with Gasteiger partial charge < -0.3 is 10.1 Å². The first-order chi connectivity index (χ1) is 13.2. The first-order valence-corrected chi connectivity index (χ1v) is 8.06. The summed E-state index contributed by atoms with van der Waals surface area (Å²) in [4.78, 5) is 23.9. The summed E-state index contributed by atoms with van der Waals surface area (Å²) in [7, 11) is 0. The molecule has 2 aromatic rings. The average molecular weight is 388 g/mol. The second-order valence-corrected chi connectivity index (χ2v) is 5.68. The maximum Gasteiger partial charge on any atom is 0.416 e. The minimum atomic E-state index is -4.49. The molecule has 2 aromatic carbocycles. The molecular weight excluding hydrogens is 373 g/mol. The number of amides is 1. The van der Waals surface area contributed by atoms with Crippen LogP contribution in [0.5, 0.6) is 0 Å². The summed E-state index contributed by atoms with van der Waals surface area (Å²) in [6.45, 7) is 1.33. The molecule has 144 valence electrons. The minimum Gasteiger partial charge on any atom is -0.449 e. The molecular formula is C20H15F3N2O3. The molecule has 0 aliphatic heterocycles. The number of ether oxygens (including phenoxy) is 1. The Kier molecular flexibility index (Phi) is 6.55. The Hall–Kier alpha value is -3.60. The zero-order valence-electron chi connectivity index (χ0n) is 14.7. The number of hydrogen-bond acceptors (Lipinski definition) is 4. The Morgan fingerprint density at radius 3 is 2.57 bits per heavy atom. The van der Waals surface area contributed by atoms with Crippen molar-refractivity contribution in [3.63, 3.8) is 0 Å². The Labute approximate surface area is 159 Å². The van der Waals surface area contributed by atoms with Gasteiger partial charge in [-0.2, -0.15) is 18.4 Å². The van der Waals surface area contributed by atoms with E-state index in [-0.39, 0.29) is 16.8 Å². The molecule has 5 nitrogen and oxygen atoms in total. The van der Waals surface area contributed by atoms with E-state index in [1.54, 1.807) is 12.1 Å². The summed E-state index contributed by atoms with van der Waals surface area (Å²) < 4.78 is 43.0. The predicted molar refractivity (Wildman–Crippen MR) is 95.8 cm³/mol. The Morgan fingerprint density at radius 1 is 1.18 bits per heavy atom. The highest BCUT2D eigenvalue weighted by Crippen LogP contribution is 2.29. The second kappa shape index (κ2) is 8.86. The molecule has 0 radical (unpaired) electrons. The first-order valence-electron chi connectivity index (χ1n) is 8.06. The van der Waals surface area contributed by atoms with Gasteiger partial charge in [0.1, 0.15) is 6.07 Å². The molecule has 0 heterocycles. The van der Waals surface area contributed by atoms with E-state index in [2.05, 4.69) is 5.32 Å². The number of halogens is 3. The van der Waals surface area contributed by atoms with Crippen molar-refractivity contribution in [2.24, 2.45) is 0 Å². The maximum absolute atomic E-state index is 12.7. The van der Waals surface area contributed by atoms with Crippen LogP contribution in [-0.2, 0) is 20.5 Å². The fraction of sp³-hybridized carbons (Fsp3) is 0.150. The largest absolute Gasteiger partial charge is 0.449 e. The van der Waals surface area contributed by atoms with E-state index in [4.69, 9.17) is 10.00 Å². The molecule has 0 aromatic heterocycles. The van der Waals surface area contributed by atoms with Crippen LogP contribution in [0.25, 0.3) is 6.08 Å². The molecule has 0 fully saturated rings. The third-order valence-corrected chi connectivity index (χ3v) is 3.59. The molecule has 2 rings (SSSR count). The summed E-state index contributed by atoms with van der Waals surface area (Å²) in [5.41, 5.74) is -0.157. The van der Waals surface area contributed by atoms with Crippen molar-refractivity contribution >= 4 is 23.6 Å². The number of anilines is 1. The zero-order chi connectivity index (χ0) is 20.7. The summed E-state index contributed by atoms with van der Waals surface area (Å²) in [6, 6.07) is 12.7. The van der Waals surface area contributed by atoms with Gasteiger partial charge in [-0.1, -0.05) is 24.3 Å². The molecule has 0 unspecified atom stereocenters. The van der Waals surface area contributed by atoms with E-state index in [0.29, 0.717) is 0 Å². The molecule has 0 aliphatic rings. The Morgan fingerprint density at radius 2 is 1.89 bits per heavy atom. The van der Waals surface area contributed by atoms with Gasteiger partial charge in [0.2, 0.25) is 0 Å². The summed E-state index contributed by atoms with van der Waals surface area (Å²) in [5, 5.41) is 11.5. The van der Waals surface area contributed by atoms with Crippen molar-refractivity contribution in [2.45, 2.75) is 19.2 Å². The lowest BCUT2D eigenvalue weighted by Crippen LogP contribution is -2.29. The van der Waals surface area contributed by atoms with Crippen LogP contribution in [-0.4, -0.2) is 18.0 Å². The van der Waals surface area contributed by atoms with Crippen LogP contribution in [0.2, 0.25) is 0 Å². The number of alkyl halides is 3. The van der Waals surface area contributed by atoms with E-state index < -0.39 is 29.7 Å². The van der Waals surface area contributed by atoms with Crippen LogP contribution in [0.4, 0.5) is 18.9 Å². The van der Waals surface area contributed by atoms with Gasteiger partial charge in [-0.05, 0) is 42.8 Å². The Balaban J connectivity index is 1.98. The van der Waals surface area contributed by atoms with Crippen molar-refractivity contribution < 1.29 is 27.5 Å². The lowest BCUT2D eigenvalue weighted by molar-refractivity contribution is -0.148. The van der Waals surface area contributed by atoms with Gasteiger partial charge in [-0.15, -0.1) is 0 Å². The lowest BCUT2D eigenvalue weighted by Gasteiger charge is -2.13. The van der Waals surface area contributed by atoms with Gasteiger partial charge in [0.05, 0.1) is 16.8 Å². The van der Waals surface area contributed by atoms with Crippen LogP contribution in [0.1, 0.15) is 23.6 Å². The molecule has 8 heteroatoms. The normalized spacial score (nSPS) is 12.2. The molecule has 0 saturated carbocycles. The first kappa shape index (κ1) is 20.7. The molecule has 28 heavy (non-hydrogen) atoms. The topological polar surface area (TPSA) is 79.2 Å². The molecule has 0 spiro atoms. The highest BCUT2D eigenvalue weighted by Gasteiger charge is 2.30. The number of carbonyl (C=O) groups is 2. The third kappa shape index (κ3) is 5.71. The lowest BCUT2D eigenvalue weighted by atomic mass is 10.1. The smallest absolute Gasteiger partial charge is 0.416 e. The van der Waals surface area contributed by atoms with Gasteiger partial charge in [-0.25, -0.2) is 4.79 Å². The second-order valence-electron chi connectivity index (χ2n) is 5.68. The van der Waals surface area contributed by atoms with Gasteiger partial charge in [-0.3, -0.25) is 4.79 Å². The van der Waals surface area contributed by atoms with Crippen molar-refractivity contribution in [3.05, 3.63) is 71.3 Å². The molecule has 0 bridgehead atoms. The Bertz CT molecular complexity index is 946. The van der Waals surface area contributed by atoms with Crippen LogP contribution < -0.4 is 5.32 Å². The minimum absolute atomic E-state index is 0.159. The van der Waals surface area contributed by atoms with Crippen LogP contribution in [0.15, 0.2) is 54.6 Å². The highest BCUT2D eigenvalue weighted by molar-refractivity contribution is 5.97. The number of esters is 1. The molecule has 0 saturated heterocycles. The zero-order valence-corrected chi connectivity index (χ0v) is 14.7. The fourth-order valence-corrected chi connectivity index (χ4v) is 2.17. The quantitative estimate of drug-likeness (QED) is 0.616. The predicted octanol–water partition coefficient (Wildman–Crippen LogP) is 4.16. The number of nitriles is 1. The van der Waals surface area contributed by atoms with Gasteiger partial charge in [0.25, 0.3) is 5.91 Å². The molecule has 1 amide bonds. The summed E-state index contributed by atoms with van der Waals surface area (Å²) >= 11 is 0. The number of rotatable bonds is 5. The summed E-state index contributed by atoms with van der Waals surface area (Å²) in [5.74, 6) is -1.54. The highest BCUT2D eigenvalue weighted by atomic mass is 19.4. The number of carbonyl (C=O) groups excluding carboxylic acids is 2. The SMILES string of the molecule is C[C@H](OC(=O)/C=C/c1cccc(C(F)(F)F)c1)C(=O)Nc1ccccc1C#N. The van der Waals surface area contributed by atoms with Crippen molar-refractivity contribution in [3.8, 4) is 6.07 Å². The van der Waals surface area contributed by atoms with Crippen LogP contribution >= 0.6 is 0 Å². The maximum atomic E-state index is 12.7. The van der Waals surface area contributed by atoms with Crippen molar-refractivity contribution in [2.75, 3.05) is 5.32 Å². The van der Waals surface area contributed by atoms with Crippen LogP contribution in [0, 0.1) is 11.3 Å². The van der Waals surface area contributed by atoms with E-state index >= 15 is 0 Å². The number of hydrogen-bond donors (Lipinski definition) is 1. The van der Waals surface area contributed by atoms with E-state index in [0.717, 1.165) is 24.3 Å². The van der Waals surface area contributed by atoms with Crippen molar-refractivity contribution in [1.29, 1.82) is 5.26 Å². The average Bonchev–Trinajstić information content (AvgIpc) is 2.66. The summed E-state index contributed by atoms with van der Waals surface area (Å²) in [6.07, 6.45) is -3.57. The number of nitrogens with one attached hydrogen (secondary N) is 1. The monoisotopic (exact) mass is 388 g/mol. The molecule has 0 aliphatic carbocycles. The standard InChI is InChI=1S/C20H15F3N2O3/c1-13(19(27)25-17-8-3-2-6-15(17)12-24)28-18(26)10-9-14-5-4-7-16(11-14)20(21,22)23/h2-11,13H,1H3,(H,25,27)/b10-9+/t13-/m0/s1.